The first-order valence-electron chi connectivity index (χ1n) is 16.4. The summed E-state index contributed by atoms with van der Waals surface area (Å²) in [6.07, 6.45) is 6.77. The average Bonchev–Trinajstić information content (AvgIpc) is 3.56. The van der Waals surface area contributed by atoms with Gasteiger partial charge in [0.15, 0.2) is 9.84 Å². The highest BCUT2D eigenvalue weighted by atomic mass is 35.5. The van der Waals surface area contributed by atoms with Crippen LogP contribution in [0.15, 0.2) is 70.7 Å². The van der Waals surface area contributed by atoms with E-state index in [1.165, 1.54) is 30.6 Å². The van der Waals surface area contributed by atoms with Gasteiger partial charge >= 0.3 is 5.97 Å². The van der Waals surface area contributed by atoms with Crippen molar-refractivity contribution < 1.29 is 36.0 Å². The number of sulfonamides is 1. The van der Waals surface area contributed by atoms with E-state index in [1.54, 1.807) is 31.2 Å². The number of nitrogens with zero attached hydrogens (tertiary/aromatic N) is 3. The Morgan fingerprint density at radius 2 is 1.61 bits per heavy atom. The van der Waals surface area contributed by atoms with E-state index < -0.39 is 49.7 Å². The molecule has 2 amide bonds. The molecular weight excluding hydrogens is 741 g/mol. The molecule has 0 aliphatic carbocycles. The van der Waals surface area contributed by atoms with Crippen molar-refractivity contribution in [2.24, 2.45) is 0 Å². The number of nitrogens with one attached hydrogen (secondary N) is 2. The molecule has 0 spiro atoms. The van der Waals surface area contributed by atoms with Gasteiger partial charge in [0, 0.05) is 43.3 Å². The smallest absolute Gasteiger partial charge is 0.328 e. The number of esters is 1. The maximum Gasteiger partial charge on any atom is 0.328 e. The molecule has 17 heteroatoms. The summed E-state index contributed by atoms with van der Waals surface area (Å²) in [5.74, 6) is -1.92. The number of sulfone groups is 1. The Hall–Kier alpha value is -3.60. The zero-order chi connectivity index (χ0) is 36.9. The van der Waals surface area contributed by atoms with Crippen molar-refractivity contribution in [1.29, 1.82) is 0 Å². The van der Waals surface area contributed by atoms with Crippen LogP contribution in [0.2, 0.25) is 10.0 Å². The first-order chi connectivity index (χ1) is 24.2. The van der Waals surface area contributed by atoms with Crippen molar-refractivity contribution >= 4 is 66.5 Å². The van der Waals surface area contributed by atoms with Crippen LogP contribution in [0.4, 0.5) is 5.69 Å². The number of benzene rings is 2. The zero-order valence-electron chi connectivity index (χ0n) is 28.0. The molecule has 0 radical (unpaired) electrons. The second kappa shape index (κ2) is 16.4. The molecule has 0 bridgehead atoms. The van der Waals surface area contributed by atoms with Crippen molar-refractivity contribution in [2.45, 2.75) is 66.9 Å². The van der Waals surface area contributed by atoms with Gasteiger partial charge in [0.25, 0.3) is 5.91 Å². The molecule has 2 saturated heterocycles. The standard InChI is InChI=1S/C34H39Cl2N5O8S2/c1-3-49-34(44)29(16-22-10-12-23(13-11-22)38-33(43)31-27(35)19-37-20-28(31)36)39-32(42)30-17-24(40-14-5-4-6-15-40)21-41(30)51(47,48)26-9-7-8-25(18-26)50(2,45)46/h7-13,18-20,24,29-30H,3-6,14-17,21H2,1-2H3,(H,38,43)(H,39,42)/t24-,29+,30+/m1/s1. The SMILES string of the molecule is CCOC(=O)[C@H](Cc1ccc(NC(=O)c2c(Cl)cncc2Cl)cc1)NC(=O)[C@@H]1C[C@@H](N2CCCCC2)CN1S(=O)(=O)c1cccc(S(C)(=O)=O)c1. The van der Waals surface area contributed by atoms with Crippen molar-refractivity contribution in [3.05, 3.63) is 82.1 Å². The lowest BCUT2D eigenvalue weighted by Crippen LogP contribution is -2.51. The molecule has 3 atom stereocenters. The third-order valence-electron chi connectivity index (χ3n) is 8.90. The van der Waals surface area contributed by atoms with Gasteiger partial charge in [-0.2, -0.15) is 4.31 Å². The van der Waals surface area contributed by atoms with E-state index in [-0.39, 0.29) is 57.4 Å². The highest BCUT2D eigenvalue weighted by Crippen LogP contribution is 2.32. The van der Waals surface area contributed by atoms with Crippen molar-refractivity contribution in [3.63, 3.8) is 0 Å². The molecule has 2 aliphatic rings. The lowest BCUT2D eigenvalue weighted by atomic mass is 10.0. The highest BCUT2D eigenvalue weighted by molar-refractivity contribution is 7.91. The number of rotatable bonds is 12. The topological polar surface area (TPSA) is 172 Å². The van der Waals surface area contributed by atoms with Gasteiger partial charge in [0.2, 0.25) is 15.9 Å². The maximum atomic E-state index is 14.1. The number of pyridine rings is 1. The Kier molecular flexibility index (Phi) is 12.4. The van der Waals surface area contributed by atoms with Crippen LogP contribution >= 0.6 is 23.2 Å². The number of anilines is 1. The molecule has 2 N–H and O–H groups in total. The van der Waals surface area contributed by atoms with Crippen LogP contribution in [0.3, 0.4) is 0 Å². The first kappa shape index (κ1) is 38.6. The number of hydrogen-bond acceptors (Lipinski definition) is 10. The molecule has 1 aromatic heterocycles. The van der Waals surface area contributed by atoms with Gasteiger partial charge in [-0.1, -0.05) is 47.8 Å². The quantitative estimate of drug-likeness (QED) is 0.257. The fourth-order valence-corrected chi connectivity index (χ4v) is 9.28. The summed E-state index contributed by atoms with van der Waals surface area (Å²) in [5.41, 5.74) is 1.10. The highest BCUT2D eigenvalue weighted by Gasteiger charge is 2.46. The number of halogens is 2. The van der Waals surface area contributed by atoms with Crippen molar-refractivity contribution in [3.8, 4) is 0 Å². The molecular formula is C34H39Cl2N5O8S2. The molecule has 3 heterocycles. The Bertz CT molecular complexity index is 1970. The molecule has 2 aromatic carbocycles. The van der Waals surface area contributed by atoms with Gasteiger partial charge in [-0.3, -0.25) is 19.5 Å². The lowest BCUT2D eigenvalue weighted by Gasteiger charge is -2.32. The number of aromatic nitrogens is 1. The normalized spacial score (nSPS) is 19.3. The summed E-state index contributed by atoms with van der Waals surface area (Å²) >= 11 is 12.2. The Morgan fingerprint density at radius 1 is 0.961 bits per heavy atom. The Balaban J connectivity index is 1.37. The van der Waals surface area contributed by atoms with Crippen LogP contribution < -0.4 is 10.6 Å². The summed E-state index contributed by atoms with van der Waals surface area (Å²) in [4.78, 5) is 45.6. The minimum atomic E-state index is -4.34. The summed E-state index contributed by atoms with van der Waals surface area (Å²) < 4.78 is 59.1. The van der Waals surface area contributed by atoms with Crippen LogP contribution in [-0.2, 0) is 40.6 Å². The van der Waals surface area contributed by atoms with Gasteiger partial charge in [-0.15, -0.1) is 0 Å². The number of carbonyl (C=O) groups excluding carboxylic acids is 3. The third kappa shape index (κ3) is 9.26. The Labute approximate surface area is 307 Å². The third-order valence-corrected chi connectivity index (χ3v) is 12.5. The van der Waals surface area contributed by atoms with Crippen LogP contribution in [0, 0.1) is 0 Å². The predicted molar refractivity (Wildman–Crippen MR) is 192 cm³/mol. The van der Waals surface area contributed by atoms with Gasteiger partial charge in [0.05, 0.1) is 32.0 Å². The average molecular weight is 781 g/mol. The number of ether oxygens (including phenoxy) is 1. The number of hydrogen-bond donors (Lipinski definition) is 2. The van der Waals surface area contributed by atoms with E-state index in [4.69, 9.17) is 27.9 Å². The van der Waals surface area contributed by atoms with E-state index in [9.17, 15) is 31.2 Å². The van der Waals surface area contributed by atoms with Crippen LogP contribution in [0.1, 0.15) is 48.5 Å². The summed E-state index contributed by atoms with van der Waals surface area (Å²) in [6.45, 7) is 3.24. The van der Waals surface area contributed by atoms with Crippen LogP contribution in [-0.4, -0.2) is 99.4 Å². The fourth-order valence-electron chi connectivity index (χ4n) is 6.32. The molecule has 0 unspecified atom stereocenters. The molecule has 0 saturated carbocycles. The van der Waals surface area contributed by atoms with Gasteiger partial charge < -0.3 is 15.4 Å². The molecule has 13 nitrogen and oxygen atoms in total. The second-order valence-electron chi connectivity index (χ2n) is 12.5. The minimum absolute atomic E-state index is 0.00619. The first-order valence-corrected chi connectivity index (χ1v) is 20.5. The van der Waals surface area contributed by atoms with Crippen LogP contribution in [0.5, 0.6) is 0 Å². The van der Waals surface area contributed by atoms with Gasteiger partial charge in [-0.05, 0) is 75.2 Å². The van der Waals surface area contributed by atoms with E-state index in [2.05, 4.69) is 20.5 Å². The molecule has 274 valence electrons. The fraction of sp³-hybridized carbons (Fsp3) is 0.412. The lowest BCUT2D eigenvalue weighted by molar-refractivity contribution is -0.147. The van der Waals surface area contributed by atoms with E-state index in [0.29, 0.717) is 11.3 Å². The van der Waals surface area contributed by atoms with E-state index in [0.717, 1.165) is 49.0 Å². The van der Waals surface area contributed by atoms with E-state index >= 15 is 0 Å². The summed E-state index contributed by atoms with van der Waals surface area (Å²) in [6, 6.07) is 9.03. The predicted octanol–water partition coefficient (Wildman–Crippen LogP) is 3.95. The minimum Gasteiger partial charge on any atom is -0.464 e. The number of likely N-dealkylation sites (tertiary alicyclic amines) is 1. The molecule has 51 heavy (non-hydrogen) atoms. The largest absolute Gasteiger partial charge is 0.464 e. The number of carbonyl (C=O) groups is 3. The second-order valence-corrected chi connectivity index (χ2v) is 17.2. The van der Waals surface area contributed by atoms with E-state index in [1.807, 2.05) is 0 Å². The van der Waals surface area contributed by atoms with Crippen molar-refractivity contribution in [2.75, 3.05) is 37.8 Å². The zero-order valence-corrected chi connectivity index (χ0v) is 31.2. The number of amides is 2. The molecule has 2 fully saturated rings. The van der Waals surface area contributed by atoms with Gasteiger partial charge in [-0.25, -0.2) is 21.6 Å². The maximum absolute atomic E-state index is 14.1. The molecule has 2 aliphatic heterocycles. The van der Waals surface area contributed by atoms with Gasteiger partial charge in [0.1, 0.15) is 12.1 Å². The summed E-state index contributed by atoms with van der Waals surface area (Å²) in [5, 5.41) is 5.63. The van der Waals surface area contributed by atoms with Crippen molar-refractivity contribution in [1.82, 2.24) is 19.5 Å². The number of piperidine rings is 1. The summed E-state index contributed by atoms with van der Waals surface area (Å²) in [7, 11) is -8.05. The monoisotopic (exact) mass is 779 g/mol. The molecule has 3 aromatic rings. The molecule has 5 rings (SSSR count). The van der Waals surface area contributed by atoms with Crippen LogP contribution in [0.25, 0.3) is 0 Å². The Morgan fingerprint density at radius 3 is 2.24 bits per heavy atom.